The van der Waals surface area contributed by atoms with E-state index in [1.165, 1.54) is 0 Å². The van der Waals surface area contributed by atoms with Gasteiger partial charge in [-0.25, -0.2) is 26.4 Å². The number of esters is 2. The monoisotopic (exact) mass is 632 g/mol. The summed E-state index contributed by atoms with van der Waals surface area (Å²) in [6.07, 6.45) is -6.97. The average molecular weight is 633 g/mol. The quantitative estimate of drug-likeness (QED) is 0.0835. The van der Waals surface area contributed by atoms with E-state index in [-0.39, 0.29) is 162 Å². The van der Waals surface area contributed by atoms with E-state index in [2.05, 4.69) is 17.8 Å². The number of hydrogen-bond donors (Lipinski definition) is 4. The van der Waals surface area contributed by atoms with Gasteiger partial charge in [0.25, 0.3) is 20.8 Å². The van der Waals surface area contributed by atoms with Crippen molar-refractivity contribution in [3.05, 3.63) is 23.0 Å². The second-order valence-electron chi connectivity index (χ2n) is 5.52. The van der Waals surface area contributed by atoms with Crippen LogP contribution in [0.25, 0.3) is 0 Å². The van der Waals surface area contributed by atoms with Crippen molar-refractivity contribution in [3.63, 3.8) is 0 Å². The Morgan fingerprint density at radius 2 is 1.00 bits per heavy atom. The van der Waals surface area contributed by atoms with Crippen LogP contribution in [0.4, 0.5) is 0 Å². The molecule has 0 radical (unpaired) electrons. The van der Waals surface area contributed by atoms with E-state index in [4.69, 9.17) is 20.4 Å². The molecule has 0 aromatic rings. The summed E-state index contributed by atoms with van der Waals surface area (Å²) >= 11 is 0. The van der Waals surface area contributed by atoms with Crippen LogP contribution in [0.3, 0.4) is 0 Å². The van der Waals surface area contributed by atoms with E-state index >= 15 is 0 Å². The van der Waals surface area contributed by atoms with Gasteiger partial charge in [0.05, 0.1) is 13.2 Å². The summed E-state index contributed by atoms with van der Waals surface area (Å²) in [7, 11) is -10.6. The predicted octanol–water partition coefficient (Wildman–Crippen LogP) is -19.4. The van der Waals surface area contributed by atoms with Gasteiger partial charge >= 0.3 is 174 Å². The molecule has 0 amide bonds. The Morgan fingerprint density at radius 3 is 1.19 bits per heavy atom. The van der Waals surface area contributed by atoms with Crippen LogP contribution in [-0.2, 0) is 48.2 Å². The van der Waals surface area contributed by atoms with Crippen molar-refractivity contribution >= 4 is 32.7 Å². The molecule has 2 aliphatic rings. The van der Waals surface area contributed by atoms with Crippen molar-refractivity contribution in [1.29, 1.82) is 0 Å². The second kappa shape index (κ2) is 19.6. The topological polar surface area (TPSA) is 312 Å². The number of ether oxygens (including phenoxy) is 2. The Bertz CT molecular complexity index is 947. The Kier molecular flexibility index (Phi) is 24.8. The largest absolute Gasteiger partial charge is 1.00 e. The minimum Gasteiger partial charge on any atom is -0.870 e. The molecule has 0 bridgehead atoms. The van der Waals surface area contributed by atoms with Gasteiger partial charge in [0.15, 0.2) is 0 Å². The predicted molar refractivity (Wildman–Crippen MR) is 81.6 cm³/mol. The third kappa shape index (κ3) is 14.4. The van der Waals surface area contributed by atoms with Crippen LogP contribution in [0.2, 0.25) is 0 Å². The summed E-state index contributed by atoms with van der Waals surface area (Å²) in [5.41, 5.74) is 0. The van der Waals surface area contributed by atoms with Crippen LogP contribution in [0.15, 0.2) is 23.0 Å². The summed E-state index contributed by atoms with van der Waals surface area (Å²) in [6.45, 7) is -1.78. The maximum atomic E-state index is 11.2. The molecule has 36 heavy (non-hydrogen) atoms. The average Bonchev–Trinajstić information content (AvgIpc) is 3.10. The summed E-state index contributed by atoms with van der Waals surface area (Å²) in [5.74, 6) is -8.25. The van der Waals surface area contributed by atoms with Gasteiger partial charge in [-0.2, -0.15) is 0 Å². The van der Waals surface area contributed by atoms with Crippen LogP contribution >= 0.6 is 0 Å². The Morgan fingerprint density at radius 1 is 0.750 bits per heavy atom. The van der Waals surface area contributed by atoms with Gasteiger partial charge in [-0.05, 0) is 11.5 Å². The van der Waals surface area contributed by atoms with Crippen molar-refractivity contribution in [3.8, 4) is 0 Å². The summed E-state index contributed by atoms with van der Waals surface area (Å²) in [6, 6.07) is 0. The van der Waals surface area contributed by atoms with Crippen molar-refractivity contribution in [1.82, 2.24) is 0 Å². The van der Waals surface area contributed by atoms with E-state index < -0.39 is 93.4 Å². The Balaban J connectivity index is -0.000000256. The first-order chi connectivity index (χ1) is 14.5. The van der Waals surface area contributed by atoms with Gasteiger partial charge in [0, 0.05) is 0 Å². The van der Waals surface area contributed by atoms with Gasteiger partial charge in [-0.1, -0.05) is 0 Å². The molecule has 0 aromatic carbocycles. The fraction of sp³-hybridized carbons (Fsp3) is 0.500. The third-order valence-corrected chi connectivity index (χ3v) is 3.99. The van der Waals surface area contributed by atoms with Crippen molar-refractivity contribution < 1.29 is 246 Å². The molecule has 2 heterocycles. The van der Waals surface area contributed by atoms with Crippen molar-refractivity contribution in [2.75, 3.05) is 13.2 Å². The van der Waals surface area contributed by atoms with Crippen LogP contribution in [0.5, 0.6) is 0 Å². The van der Waals surface area contributed by atoms with E-state index in [0.29, 0.717) is 0 Å². The molecule has 0 saturated carbocycles. The SMILES string of the molecule is O=C1O[C@H]([C@@H](O)CO)C([O-])=C1OS(=O)(=O)[O-].O=C1O[C@H]([C@@H](O)CO)C([O-])=C1OS(=O)(=O)[O-].[K+].[K+].[Na+].[Na+]. The molecule has 4 atom stereocenters. The molecule has 0 fully saturated rings. The standard InChI is InChI=1S/2C6H8O9S.2K.2Na/c2*7-1-2(8)4-3(9)5(6(10)14-4)15-16(11,12)13;;;;/h2*2,4,7-9H,1H2,(H,11,12,13);;;;/q;;4*+1/p-4/t2*2-,4+;;;;/m00..../s1. The molecular formula is C12H12K2Na2O18S2. The van der Waals surface area contributed by atoms with Gasteiger partial charge in [0.2, 0.25) is 11.5 Å². The number of carbonyl (C=O) groups excluding carboxylic acids is 2. The van der Waals surface area contributed by atoms with E-state index in [9.17, 15) is 45.7 Å². The molecule has 18 nitrogen and oxygen atoms in total. The number of aliphatic hydroxyl groups is 4. The zero-order chi connectivity index (χ0) is 25.0. The van der Waals surface area contributed by atoms with E-state index in [1.54, 1.807) is 0 Å². The van der Waals surface area contributed by atoms with Crippen LogP contribution < -0.4 is 172 Å². The first kappa shape index (κ1) is 45.5. The molecule has 0 saturated heterocycles. The second-order valence-corrected chi connectivity index (χ2v) is 7.49. The minimum atomic E-state index is -5.28. The Hall–Kier alpha value is 2.55. The smallest absolute Gasteiger partial charge is 0.870 e. The molecule has 0 aliphatic carbocycles. The number of rotatable bonds is 8. The molecular weight excluding hydrogens is 620 g/mol. The van der Waals surface area contributed by atoms with Gasteiger partial charge < -0.3 is 57.6 Å². The normalized spacial score (nSPS) is 20.6. The van der Waals surface area contributed by atoms with Crippen LogP contribution in [-0.4, -0.2) is 95.9 Å². The van der Waals surface area contributed by atoms with Gasteiger partial charge in [-0.3, -0.25) is 0 Å². The van der Waals surface area contributed by atoms with Crippen molar-refractivity contribution in [2.24, 2.45) is 0 Å². The maximum Gasteiger partial charge on any atom is 1.00 e. The zero-order valence-corrected chi connectivity index (χ0v) is 30.9. The van der Waals surface area contributed by atoms with Gasteiger partial charge in [0.1, 0.15) is 24.4 Å². The van der Waals surface area contributed by atoms with Crippen LogP contribution in [0, 0.1) is 0 Å². The fourth-order valence-corrected chi connectivity index (χ4v) is 2.67. The van der Waals surface area contributed by atoms with Crippen LogP contribution in [0.1, 0.15) is 0 Å². The molecule has 24 heteroatoms. The number of hydrogen-bond acceptors (Lipinski definition) is 18. The summed E-state index contributed by atoms with van der Waals surface area (Å²) < 4.78 is 76.5. The minimum absolute atomic E-state index is 0. The molecule has 184 valence electrons. The number of carbonyl (C=O) groups is 2. The van der Waals surface area contributed by atoms with E-state index in [0.717, 1.165) is 0 Å². The van der Waals surface area contributed by atoms with E-state index in [1.807, 2.05) is 0 Å². The first-order valence-corrected chi connectivity index (χ1v) is 10.3. The maximum absolute atomic E-state index is 11.2. The zero-order valence-electron chi connectivity index (χ0n) is 19.0. The van der Waals surface area contributed by atoms with Crippen molar-refractivity contribution in [2.45, 2.75) is 24.4 Å². The summed E-state index contributed by atoms with van der Waals surface area (Å²) in [5, 5.41) is 57.4. The molecule has 0 spiro atoms. The summed E-state index contributed by atoms with van der Waals surface area (Å²) in [4.78, 5) is 21.8. The number of aliphatic hydroxyl groups excluding tert-OH is 4. The Labute approximate surface area is 332 Å². The molecule has 4 N–H and O–H groups in total. The molecule has 0 aromatic heterocycles. The molecule has 0 unspecified atom stereocenters. The molecule has 2 aliphatic heterocycles. The van der Waals surface area contributed by atoms with Gasteiger partial charge in [-0.15, -0.1) is 0 Å². The number of cyclic esters (lactones) is 2. The first-order valence-electron chi connectivity index (χ1n) is 7.65. The fourth-order valence-electron chi connectivity index (χ4n) is 1.96. The molecule has 2 rings (SSSR count). The third-order valence-electron chi connectivity index (χ3n) is 3.25.